The van der Waals surface area contributed by atoms with Gasteiger partial charge in [-0.2, -0.15) is 0 Å². The molecule has 0 rings (SSSR count). The van der Waals surface area contributed by atoms with E-state index in [1.165, 1.54) is 7.11 Å². The molecule has 0 aromatic rings. The molecule has 0 aliphatic heterocycles. The minimum absolute atomic E-state index is 0. The summed E-state index contributed by atoms with van der Waals surface area (Å²) in [6.45, 7) is 1.94. The van der Waals surface area contributed by atoms with Crippen LogP contribution in [-0.4, -0.2) is 32.9 Å². The number of esters is 1. The van der Waals surface area contributed by atoms with Gasteiger partial charge in [0.05, 0.1) is 7.11 Å². The van der Waals surface area contributed by atoms with E-state index in [1.807, 2.05) is 6.92 Å². The summed E-state index contributed by atoms with van der Waals surface area (Å²) in [5, 5.41) is 0. The number of ether oxygens (including phenoxy) is 1. The Morgan fingerprint density at radius 1 is 1.62 bits per heavy atom. The van der Waals surface area contributed by atoms with E-state index in [0.29, 0.717) is 6.42 Å². The van der Waals surface area contributed by atoms with Gasteiger partial charge in [-0.05, 0) is 6.42 Å². The zero-order valence-electron chi connectivity index (χ0n) is 4.73. The van der Waals surface area contributed by atoms with E-state index in [4.69, 9.17) is 0 Å². The molecule has 0 saturated carbocycles. The molecule has 0 fully saturated rings. The third kappa shape index (κ3) is 6.11. The van der Waals surface area contributed by atoms with Gasteiger partial charge in [-0.15, -0.1) is 0 Å². The Morgan fingerprint density at radius 2 is 2.12 bits per heavy atom. The van der Waals surface area contributed by atoms with Crippen LogP contribution in [0.2, 0.25) is 0 Å². The van der Waals surface area contributed by atoms with Gasteiger partial charge in [-0.3, -0.25) is 4.79 Å². The van der Waals surface area contributed by atoms with Crippen molar-refractivity contribution in [2.24, 2.45) is 0 Å². The Kier molecular flexibility index (Phi) is 9.75. The first-order valence-corrected chi connectivity index (χ1v) is 2.38. The minimum atomic E-state index is -0.123. The Bertz CT molecular complexity index is 63.4. The average Bonchev–Trinajstić information content (AvgIpc) is 1.68. The molecule has 0 aromatic carbocycles. The second-order valence-corrected chi connectivity index (χ2v) is 1.33. The van der Waals surface area contributed by atoms with Crippen LogP contribution >= 0.6 is 0 Å². The van der Waals surface area contributed by atoms with Crippen LogP contribution in [0.25, 0.3) is 0 Å². The quantitative estimate of drug-likeness (QED) is 0.428. The fourth-order valence-electron chi connectivity index (χ4n) is 0.306. The summed E-state index contributed by atoms with van der Waals surface area (Å²) in [5.74, 6) is -0.123. The van der Waals surface area contributed by atoms with Crippen molar-refractivity contribution in [3.63, 3.8) is 0 Å². The van der Waals surface area contributed by atoms with Crippen molar-refractivity contribution in [3.05, 3.63) is 0 Å². The van der Waals surface area contributed by atoms with Crippen molar-refractivity contribution in [1.29, 1.82) is 0 Å². The molecule has 2 nitrogen and oxygen atoms in total. The summed E-state index contributed by atoms with van der Waals surface area (Å²) in [7, 11) is 1.40. The van der Waals surface area contributed by atoms with E-state index in [1.54, 1.807) is 0 Å². The normalized spacial score (nSPS) is 7.25. The van der Waals surface area contributed by atoms with E-state index >= 15 is 0 Å². The first kappa shape index (κ1) is 11.0. The van der Waals surface area contributed by atoms with Crippen LogP contribution in [0, 0.1) is 0 Å². The molecular formula is C5H13GaO2. The fraction of sp³-hybridized carbons (Fsp3) is 0.800. The van der Waals surface area contributed by atoms with Crippen molar-refractivity contribution in [1.82, 2.24) is 0 Å². The average molecular weight is 175 g/mol. The molecule has 8 heavy (non-hydrogen) atoms. The van der Waals surface area contributed by atoms with Gasteiger partial charge in [0.1, 0.15) is 0 Å². The van der Waals surface area contributed by atoms with Gasteiger partial charge in [-0.25, -0.2) is 0 Å². The summed E-state index contributed by atoms with van der Waals surface area (Å²) in [6.07, 6.45) is 1.41. The second kappa shape index (κ2) is 7.11. The molecule has 0 N–H and O–H groups in total. The number of methoxy groups -OCH3 is 1. The summed E-state index contributed by atoms with van der Waals surface area (Å²) < 4.78 is 4.35. The maximum absolute atomic E-state index is 10.2. The van der Waals surface area contributed by atoms with E-state index in [2.05, 4.69) is 4.74 Å². The van der Waals surface area contributed by atoms with Crippen LogP contribution in [0.5, 0.6) is 0 Å². The first-order valence-electron chi connectivity index (χ1n) is 2.38. The van der Waals surface area contributed by atoms with E-state index < -0.39 is 0 Å². The van der Waals surface area contributed by atoms with Crippen molar-refractivity contribution >= 4 is 25.8 Å². The number of carbonyl (C=O) groups is 1. The second-order valence-electron chi connectivity index (χ2n) is 1.33. The van der Waals surface area contributed by atoms with E-state index in [-0.39, 0.29) is 25.8 Å². The molecule has 0 spiro atoms. The van der Waals surface area contributed by atoms with Crippen molar-refractivity contribution < 1.29 is 9.53 Å². The predicted octanol–water partition coefficient (Wildman–Crippen LogP) is -0.224. The number of hydrogen-bond acceptors (Lipinski definition) is 2. The van der Waals surface area contributed by atoms with Gasteiger partial charge in [0.2, 0.25) is 0 Å². The third-order valence-electron chi connectivity index (χ3n) is 0.682. The Morgan fingerprint density at radius 3 is 2.25 bits per heavy atom. The SMILES string of the molecule is CCCC(=O)OC.[GaH3]. The molecular weight excluding hydrogens is 162 g/mol. The molecule has 0 atom stereocenters. The molecule has 0 aliphatic rings. The first-order chi connectivity index (χ1) is 3.31. The van der Waals surface area contributed by atoms with Crippen molar-refractivity contribution in [2.75, 3.05) is 7.11 Å². The van der Waals surface area contributed by atoms with Gasteiger partial charge >= 0.3 is 25.8 Å². The van der Waals surface area contributed by atoms with Crippen molar-refractivity contribution in [3.8, 4) is 0 Å². The Balaban J connectivity index is 0. The van der Waals surface area contributed by atoms with Crippen LogP contribution in [0.1, 0.15) is 19.8 Å². The zero-order chi connectivity index (χ0) is 5.70. The van der Waals surface area contributed by atoms with Gasteiger partial charge in [0.25, 0.3) is 0 Å². The van der Waals surface area contributed by atoms with Crippen LogP contribution in [0.4, 0.5) is 0 Å². The fourth-order valence-corrected chi connectivity index (χ4v) is 0.306. The van der Waals surface area contributed by atoms with Crippen LogP contribution in [0.15, 0.2) is 0 Å². The van der Waals surface area contributed by atoms with Crippen LogP contribution < -0.4 is 0 Å². The molecule has 0 amide bonds. The maximum atomic E-state index is 10.2. The monoisotopic (exact) mass is 174 g/mol. The summed E-state index contributed by atoms with van der Waals surface area (Å²) in [6, 6.07) is 0. The van der Waals surface area contributed by atoms with Crippen LogP contribution in [0.3, 0.4) is 0 Å². The number of hydrogen-bond donors (Lipinski definition) is 0. The third-order valence-corrected chi connectivity index (χ3v) is 0.682. The topological polar surface area (TPSA) is 26.3 Å². The molecule has 0 aromatic heterocycles. The van der Waals surface area contributed by atoms with Crippen LogP contribution in [-0.2, 0) is 9.53 Å². The molecule has 0 radical (unpaired) electrons. The molecule has 0 bridgehead atoms. The number of carbonyl (C=O) groups excluding carboxylic acids is 1. The van der Waals surface area contributed by atoms with Gasteiger partial charge in [0, 0.05) is 6.42 Å². The standard InChI is InChI=1S/C5H10O2.Ga.3H/c1-3-4-5(6)7-2;;;;/h3-4H2,1-2H3;;;;. The number of rotatable bonds is 2. The Hall–Kier alpha value is 0.106. The Labute approximate surface area is 62.7 Å². The predicted molar refractivity (Wildman–Crippen MR) is 36.9 cm³/mol. The molecule has 0 saturated heterocycles. The van der Waals surface area contributed by atoms with Crippen molar-refractivity contribution in [2.45, 2.75) is 19.8 Å². The summed E-state index contributed by atoms with van der Waals surface area (Å²) >= 11 is 0. The van der Waals surface area contributed by atoms with Gasteiger partial charge in [-0.1, -0.05) is 6.92 Å². The van der Waals surface area contributed by atoms with E-state index in [9.17, 15) is 4.79 Å². The summed E-state index contributed by atoms with van der Waals surface area (Å²) in [5.41, 5.74) is 0. The summed E-state index contributed by atoms with van der Waals surface area (Å²) in [4.78, 5) is 10.2. The zero-order valence-corrected chi connectivity index (χ0v) is 4.73. The molecule has 48 valence electrons. The molecule has 0 heterocycles. The van der Waals surface area contributed by atoms with Gasteiger partial charge in [0.15, 0.2) is 0 Å². The molecule has 3 heteroatoms. The van der Waals surface area contributed by atoms with Gasteiger partial charge < -0.3 is 4.74 Å². The molecule has 0 aliphatic carbocycles. The molecule has 0 unspecified atom stereocenters. The van der Waals surface area contributed by atoms with E-state index in [0.717, 1.165) is 6.42 Å².